The van der Waals surface area contributed by atoms with E-state index in [1.807, 2.05) is 45.8 Å². The molecule has 196 valence electrons. The number of carbonyl (C=O) groups is 1. The summed E-state index contributed by atoms with van der Waals surface area (Å²) in [4.78, 5) is 23.0. The van der Waals surface area contributed by atoms with Crippen molar-refractivity contribution in [2.75, 3.05) is 26.2 Å². The van der Waals surface area contributed by atoms with Crippen LogP contribution in [0.2, 0.25) is 0 Å². The third-order valence-electron chi connectivity index (χ3n) is 7.57. The van der Waals surface area contributed by atoms with Crippen molar-refractivity contribution >= 4 is 11.6 Å². The Kier molecular flexibility index (Phi) is 7.19. The molecule has 0 unspecified atom stereocenters. The number of hydrogen-bond acceptors (Lipinski definition) is 4. The monoisotopic (exact) mass is 515 g/mol. The molecule has 2 aromatic heterocycles. The van der Waals surface area contributed by atoms with E-state index in [2.05, 4.69) is 77.5 Å². The van der Waals surface area contributed by atoms with Gasteiger partial charge in [-0.2, -0.15) is 5.10 Å². The molecule has 6 nitrogen and oxygen atoms in total. The van der Waals surface area contributed by atoms with Gasteiger partial charge in [0.25, 0.3) is 5.91 Å². The Bertz CT molecular complexity index is 1500. The second-order valence-electron chi connectivity index (χ2n) is 10.1. The van der Waals surface area contributed by atoms with E-state index in [-0.39, 0.29) is 11.9 Å². The van der Waals surface area contributed by atoms with Crippen molar-refractivity contribution in [2.24, 2.45) is 0 Å². The fourth-order valence-electron chi connectivity index (χ4n) is 5.63. The van der Waals surface area contributed by atoms with Crippen LogP contribution >= 0.6 is 0 Å². The van der Waals surface area contributed by atoms with Gasteiger partial charge in [-0.1, -0.05) is 104 Å². The summed E-state index contributed by atoms with van der Waals surface area (Å²) >= 11 is 0. The zero-order chi connectivity index (χ0) is 26.6. The first-order chi connectivity index (χ1) is 19.2. The number of aryl methyl sites for hydroxylation is 1. The lowest BCUT2D eigenvalue weighted by molar-refractivity contribution is 0.0595. The molecule has 0 N–H and O–H groups in total. The Balaban J connectivity index is 1.25. The number of nitrogens with zero attached hydrogens (tertiary/aromatic N) is 5. The number of amides is 1. The van der Waals surface area contributed by atoms with E-state index in [1.165, 1.54) is 11.1 Å². The lowest BCUT2D eigenvalue weighted by Crippen LogP contribution is -2.50. The Morgan fingerprint density at radius 3 is 2.00 bits per heavy atom. The molecule has 0 radical (unpaired) electrons. The molecule has 0 saturated carbocycles. The first-order valence-corrected chi connectivity index (χ1v) is 13.8. The summed E-state index contributed by atoms with van der Waals surface area (Å²) in [7, 11) is 0. The van der Waals surface area contributed by atoms with Gasteiger partial charge in [0, 0.05) is 44.0 Å². The molecule has 1 amide bonds. The molecule has 3 aromatic carbocycles. The van der Waals surface area contributed by atoms with Gasteiger partial charge in [-0.3, -0.25) is 9.69 Å². The summed E-state index contributed by atoms with van der Waals surface area (Å²) in [5.41, 5.74) is 6.82. The van der Waals surface area contributed by atoms with Gasteiger partial charge in [0.05, 0.1) is 23.0 Å². The highest BCUT2D eigenvalue weighted by molar-refractivity contribution is 5.95. The zero-order valence-electron chi connectivity index (χ0n) is 22.3. The van der Waals surface area contributed by atoms with Crippen molar-refractivity contribution in [3.05, 3.63) is 126 Å². The SMILES string of the molecule is CCCc1c(C(=O)N2CCN(C(c3ccccc3)c3ccccc3)CC2)cnc2cc(-c3ccccc3)nn12. The minimum Gasteiger partial charge on any atom is -0.336 e. The van der Waals surface area contributed by atoms with Crippen molar-refractivity contribution in [2.45, 2.75) is 25.8 Å². The summed E-state index contributed by atoms with van der Waals surface area (Å²) in [5.74, 6) is 0.0419. The Morgan fingerprint density at radius 1 is 0.821 bits per heavy atom. The van der Waals surface area contributed by atoms with Crippen LogP contribution in [0.15, 0.2) is 103 Å². The summed E-state index contributed by atoms with van der Waals surface area (Å²) in [6.07, 6.45) is 3.44. The number of piperazine rings is 1. The van der Waals surface area contributed by atoms with Gasteiger partial charge >= 0.3 is 0 Å². The highest BCUT2D eigenvalue weighted by atomic mass is 16.2. The number of carbonyl (C=O) groups excluding carboxylic acids is 1. The van der Waals surface area contributed by atoms with Crippen molar-refractivity contribution in [1.82, 2.24) is 24.4 Å². The van der Waals surface area contributed by atoms with Gasteiger partial charge in [0.15, 0.2) is 5.65 Å². The van der Waals surface area contributed by atoms with Crippen LogP contribution in [0.1, 0.15) is 46.6 Å². The summed E-state index contributed by atoms with van der Waals surface area (Å²) in [6.45, 7) is 5.09. The van der Waals surface area contributed by atoms with E-state index in [9.17, 15) is 4.79 Å². The zero-order valence-corrected chi connectivity index (χ0v) is 22.3. The minimum absolute atomic E-state index is 0.0419. The third kappa shape index (κ3) is 5.08. The summed E-state index contributed by atoms with van der Waals surface area (Å²) in [6, 6.07) is 33.6. The molecule has 0 spiro atoms. The number of aromatic nitrogens is 3. The molecule has 1 saturated heterocycles. The van der Waals surface area contributed by atoms with Crippen LogP contribution in [0.5, 0.6) is 0 Å². The lowest BCUT2D eigenvalue weighted by atomic mass is 9.96. The van der Waals surface area contributed by atoms with Gasteiger partial charge in [0.2, 0.25) is 0 Å². The first-order valence-electron chi connectivity index (χ1n) is 13.8. The number of fused-ring (bicyclic) bond motifs is 1. The van der Waals surface area contributed by atoms with Crippen molar-refractivity contribution < 1.29 is 4.79 Å². The van der Waals surface area contributed by atoms with Crippen LogP contribution in [0.3, 0.4) is 0 Å². The van der Waals surface area contributed by atoms with Gasteiger partial charge < -0.3 is 4.90 Å². The van der Waals surface area contributed by atoms with Crippen LogP contribution in [0, 0.1) is 0 Å². The van der Waals surface area contributed by atoms with Gasteiger partial charge in [0.1, 0.15) is 0 Å². The van der Waals surface area contributed by atoms with E-state index >= 15 is 0 Å². The molecule has 0 atom stereocenters. The van der Waals surface area contributed by atoms with Crippen LogP contribution in [-0.4, -0.2) is 56.5 Å². The van der Waals surface area contributed by atoms with Gasteiger partial charge in [-0.05, 0) is 17.5 Å². The Labute approximate surface area is 229 Å². The fourth-order valence-corrected chi connectivity index (χ4v) is 5.63. The number of benzene rings is 3. The number of rotatable bonds is 7. The average Bonchev–Trinajstić information content (AvgIpc) is 3.44. The first kappa shape index (κ1) is 25.0. The molecular formula is C33H33N5O. The van der Waals surface area contributed by atoms with Crippen molar-refractivity contribution in [1.29, 1.82) is 0 Å². The summed E-state index contributed by atoms with van der Waals surface area (Å²) < 4.78 is 1.87. The predicted molar refractivity (Wildman–Crippen MR) is 155 cm³/mol. The quantitative estimate of drug-likeness (QED) is 0.271. The summed E-state index contributed by atoms with van der Waals surface area (Å²) in [5, 5.41) is 4.87. The van der Waals surface area contributed by atoms with E-state index in [4.69, 9.17) is 5.10 Å². The molecule has 0 bridgehead atoms. The third-order valence-corrected chi connectivity index (χ3v) is 7.57. The topological polar surface area (TPSA) is 53.7 Å². The van der Waals surface area contributed by atoms with E-state index in [0.717, 1.165) is 48.5 Å². The fraction of sp³-hybridized carbons (Fsp3) is 0.242. The molecule has 1 aliphatic heterocycles. The van der Waals surface area contributed by atoms with Crippen molar-refractivity contribution in [3.63, 3.8) is 0 Å². The molecule has 3 heterocycles. The van der Waals surface area contributed by atoms with Crippen molar-refractivity contribution in [3.8, 4) is 11.3 Å². The standard InChI is InChI=1S/C33H33N5O/c1-2-12-30-28(24-34-31-23-29(35-38(30)31)25-13-6-3-7-14-25)33(39)37-21-19-36(20-22-37)32(26-15-8-4-9-16-26)27-17-10-5-11-18-27/h3-11,13-18,23-24,32H,2,12,19-22H2,1H3. The molecule has 6 rings (SSSR count). The van der Waals surface area contributed by atoms with Crippen LogP contribution in [-0.2, 0) is 6.42 Å². The Morgan fingerprint density at radius 2 is 1.41 bits per heavy atom. The molecule has 6 heteroatoms. The normalized spacial score (nSPS) is 14.3. The maximum Gasteiger partial charge on any atom is 0.257 e. The second kappa shape index (κ2) is 11.2. The molecule has 5 aromatic rings. The second-order valence-corrected chi connectivity index (χ2v) is 10.1. The van der Waals surface area contributed by atoms with Crippen LogP contribution in [0.4, 0.5) is 0 Å². The molecule has 1 aliphatic rings. The Hall–Kier alpha value is -4.29. The van der Waals surface area contributed by atoms with Gasteiger partial charge in [-0.25, -0.2) is 9.50 Å². The highest BCUT2D eigenvalue weighted by Gasteiger charge is 2.30. The smallest absolute Gasteiger partial charge is 0.257 e. The maximum absolute atomic E-state index is 13.9. The largest absolute Gasteiger partial charge is 0.336 e. The van der Waals surface area contributed by atoms with Crippen LogP contribution < -0.4 is 0 Å². The maximum atomic E-state index is 13.9. The van der Waals surface area contributed by atoms with Crippen LogP contribution in [0.25, 0.3) is 16.9 Å². The van der Waals surface area contributed by atoms with Gasteiger partial charge in [-0.15, -0.1) is 0 Å². The predicted octanol–water partition coefficient (Wildman–Crippen LogP) is 5.90. The molecule has 1 fully saturated rings. The average molecular weight is 516 g/mol. The minimum atomic E-state index is 0.0419. The number of hydrogen-bond donors (Lipinski definition) is 0. The molecule has 39 heavy (non-hydrogen) atoms. The van der Waals surface area contributed by atoms with E-state index in [1.54, 1.807) is 6.20 Å². The van der Waals surface area contributed by atoms with E-state index < -0.39 is 0 Å². The highest BCUT2D eigenvalue weighted by Crippen LogP contribution is 2.30. The molecule has 0 aliphatic carbocycles. The lowest BCUT2D eigenvalue weighted by Gasteiger charge is -2.40. The van der Waals surface area contributed by atoms with E-state index in [0.29, 0.717) is 18.7 Å². The molecular weight excluding hydrogens is 482 g/mol.